The summed E-state index contributed by atoms with van der Waals surface area (Å²) in [6, 6.07) is 2.68. The van der Waals surface area contributed by atoms with Gasteiger partial charge in [0.2, 0.25) is 5.28 Å². The summed E-state index contributed by atoms with van der Waals surface area (Å²) in [5, 5.41) is 4.99. The van der Waals surface area contributed by atoms with Crippen LogP contribution < -0.4 is 5.32 Å². The normalized spacial score (nSPS) is 17.2. The van der Waals surface area contributed by atoms with Gasteiger partial charge in [-0.25, -0.2) is 9.97 Å². The van der Waals surface area contributed by atoms with E-state index in [1.54, 1.807) is 11.3 Å². The van der Waals surface area contributed by atoms with Gasteiger partial charge in [-0.2, -0.15) is 0 Å². The van der Waals surface area contributed by atoms with E-state index in [0.717, 1.165) is 16.0 Å². The molecule has 1 N–H and O–H groups in total. The summed E-state index contributed by atoms with van der Waals surface area (Å²) in [6.07, 6.45) is 6.43. The molecule has 96 valence electrons. The SMILES string of the molecule is Cc1cc2c(NC3CCCCC3)nc(Cl)nc2s1. The topological polar surface area (TPSA) is 37.8 Å². The van der Waals surface area contributed by atoms with Crippen molar-refractivity contribution in [2.45, 2.75) is 45.1 Å². The second-order valence-corrected chi connectivity index (χ2v) is 6.47. The van der Waals surface area contributed by atoms with Crippen LogP contribution in [-0.4, -0.2) is 16.0 Å². The first-order valence-corrected chi connectivity index (χ1v) is 7.62. The lowest BCUT2D eigenvalue weighted by Gasteiger charge is -2.23. The molecule has 2 aromatic heterocycles. The largest absolute Gasteiger partial charge is 0.367 e. The average molecular weight is 282 g/mol. The molecule has 0 radical (unpaired) electrons. The van der Waals surface area contributed by atoms with Crippen LogP contribution in [0.1, 0.15) is 37.0 Å². The molecular formula is C13H16ClN3S. The van der Waals surface area contributed by atoms with E-state index in [4.69, 9.17) is 11.6 Å². The van der Waals surface area contributed by atoms with Crippen molar-refractivity contribution in [3.05, 3.63) is 16.2 Å². The lowest BCUT2D eigenvalue weighted by molar-refractivity contribution is 0.462. The van der Waals surface area contributed by atoms with E-state index in [1.165, 1.54) is 37.0 Å². The highest BCUT2D eigenvalue weighted by atomic mass is 35.5. The summed E-state index contributed by atoms with van der Waals surface area (Å²) in [7, 11) is 0. The van der Waals surface area contributed by atoms with Gasteiger partial charge in [0.1, 0.15) is 10.6 Å². The Morgan fingerprint density at radius 3 is 2.83 bits per heavy atom. The van der Waals surface area contributed by atoms with Crippen molar-refractivity contribution < 1.29 is 0 Å². The summed E-state index contributed by atoms with van der Waals surface area (Å²) >= 11 is 7.66. The summed E-state index contributed by atoms with van der Waals surface area (Å²) < 4.78 is 0. The maximum Gasteiger partial charge on any atom is 0.225 e. The third-order valence-corrected chi connectivity index (χ3v) is 4.55. The van der Waals surface area contributed by atoms with Gasteiger partial charge in [0, 0.05) is 10.9 Å². The van der Waals surface area contributed by atoms with Crippen molar-refractivity contribution >= 4 is 39.0 Å². The molecule has 0 spiro atoms. The van der Waals surface area contributed by atoms with E-state index < -0.39 is 0 Å². The quantitative estimate of drug-likeness (QED) is 0.829. The van der Waals surface area contributed by atoms with Crippen LogP contribution in [0.2, 0.25) is 5.28 Å². The summed E-state index contributed by atoms with van der Waals surface area (Å²) in [4.78, 5) is 10.9. The van der Waals surface area contributed by atoms with Crippen molar-refractivity contribution in [2.24, 2.45) is 0 Å². The predicted molar refractivity (Wildman–Crippen MR) is 77.7 cm³/mol. The fraction of sp³-hybridized carbons (Fsp3) is 0.538. The Balaban J connectivity index is 1.94. The number of rotatable bonds is 2. The van der Waals surface area contributed by atoms with Gasteiger partial charge < -0.3 is 5.32 Å². The highest BCUT2D eigenvalue weighted by Gasteiger charge is 2.16. The van der Waals surface area contributed by atoms with Gasteiger partial charge in [-0.3, -0.25) is 0 Å². The first-order chi connectivity index (χ1) is 8.72. The van der Waals surface area contributed by atoms with Crippen LogP contribution in [0.25, 0.3) is 10.2 Å². The van der Waals surface area contributed by atoms with Crippen molar-refractivity contribution in [1.29, 1.82) is 0 Å². The van der Waals surface area contributed by atoms with Gasteiger partial charge in [0.05, 0.1) is 5.39 Å². The van der Waals surface area contributed by atoms with Crippen molar-refractivity contribution in [1.82, 2.24) is 9.97 Å². The van der Waals surface area contributed by atoms with E-state index in [1.807, 2.05) is 0 Å². The fourth-order valence-corrected chi connectivity index (χ4v) is 3.66. The van der Waals surface area contributed by atoms with Gasteiger partial charge in [0.15, 0.2) is 0 Å². The van der Waals surface area contributed by atoms with E-state index in [-0.39, 0.29) is 0 Å². The van der Waals surface area contributed by atoms with Gasteiger partial charge in [-0.15, -0.1) is 11.3 Å². The molecule has 3 rings (SSSR count). The van der Waals surface area contributed by atoms with Crippen LogP contribution in [0.3, 0.4) is 0 Å². The Kier molecular flexibility index (Phi) is 3.39. The zero-order chi connectivity index (χ0) is 12.5. The molecule has 0 amide bonds. The lowest BCUT2D eigenvalue weighted by Crippen LogP contribution is -2.23. The van der Waals surface area contributed by atoms with Gasteiger partial charge in [-0.1, -0.05) is 19.3 Å². The van der Waals surface area contributed by atoms with Crippen LogP contribution in [0.5, 0.6) is 0 Å². The Labute approximate surface area is 116 Å². The summed E-state index contributed by atoms with van der Waals surface area (Å²) in [5.41, 5.74) is 0. The van der Waals surface area contributed by atoms with Crippen LogP contribution in [0, 0.1) is 6.92 Å². The number of hydrogen-bond acceptors (Lipinski definition) is 4. The Morgan fingerprint density at radius 1 is 1.28 bits per heavy atom. The monoisotopic (exact) mass is 281 g/mol. The first kappa shape index (κ1) is 12.2. The second kappa shape index (κ2) is 5.02. The zero-order valence-electron chi connectivity index (χ0n) is 10.4. The average Bonchev–Trinajstić information content (AvgIpc) is 2.71. The molecule has 0 saturated heterocycles. The molecule has 1 aliphatic carbocycles. The third kappa shape index (κ3) is 2.45. The van der Waals surface area contributed by atoms with E-state index in [0.29, 0.717) is 11.3 Å². The number of halogens is 1. The number of hydrogen-bond donors (Lipinski definition) is 1. The van der Waals surface area contributed by atoms with E-state index in [9.17, 15) is 0 Å². The minimum Gasteiger partial charge on any atom is -0.367 e. The lowest BCUT2D eigenvalue weighted by atomic mass is 9.95. The van der Waals surface area contributed by atoms with Crippen LogP contribution in [-0.2, 0) is 0 Å². The number of fused-ring (bicyclic) bond motifs is 1. The fourth-order valence-electron chi connectivity index (χ4n) is 2.57. The van der Waals surface area contributed by atoms with Gasteiger partial charge in [0.25, 0.3) is 0 Å². The highest BCUT2D eigenvalue weighted by molar-refractivity contribution is 7.18. The Bertz CT molecular complexity index is 561. The third-order valence-electron chi connectivity index (χ3n) is 3.43. The minimum atomic E-state index is 0.336. The van der Waals surface area contributed by atoms with Gasteiger partial charge in [-0.05, 0) is 37.4 Å². The van der Waals surface area contributed by atoms with Crippen molar-refractivity contribution in [3.63, 3.8) is 0 Å². The van der Waals surface area contributed by atoms with Crippen LogP contribution in [0.4, 0.5) is 5.82 Å². The molecule has 5 heteroatoms. The molecule has 3 nitrogen and oxygen atoms in total. The number of nitrogens with one attached hydrogen (secondary N) is 1. The smallest absolute Gasteiger partial charge is 0.225 e. The zero-order valence-corrected chi connectivity index (χ0v) is 11.9. The van der Waals surface area contributed by atoms with Gasteiger partial charge >= 0.3 is 0 Å². The van der Waals surface area contributed by atoms with E-state index in [2.05, 4.69) is 28.3 Å². The molecule has 2 heterocycles. The molecule has 0 atom stereocenters. The Hall–Kier alpha value is -0.870. The summed E-state index contributed by atoms with van der Waals surface area (Å²) in [6.45, 7) is 2.09. The maximum absolute atomic E-state index is 6.00. The van der Waals surface area contributed by atoms with Crippen molar-refractivity contribution in [3.8, 4) is 0 Å². The molecular weight excluding hydrogens is 266 g/mol. The molecule has 0 aromatic carbocycles. The number of anilines is 1. The van der Waals surface area contributed by atoms with Crippen LogP contribution in [0.15, 0.2) is 6.07 Å². The molecule has 1 saturated carbocycles. The Morgan fingerprint density at radius 2 is 2.06 bits per heavy atom. The van der Waals surface area contributed by atoms with Crippen LogP contribution >= 0.6 is 22.9 Å². The van der Waals surface area contributed by atoms with Crippen molar-refractivity contribution in [2.75, 3.05) is 5.32 Å². The second-order valence-electron chi connectivity index (χ2n) is 4.90. The number of nitrogens with zero attached hydrogens (tertiary/aromatic N) is 2. The molecule has 0 unspecified atom stereocenters. The molecule has 2 aromatic rings. The number of aryl methyl sites for hydroxylation is 1. The number of aromatic nitrogens is 2. The first-order valence-electron chi connectivity index (χ1n) is 6.42. The standard InChI is InChI=1S/C13H16ClN3S/c1-8-7-10-11(15-9-5-3-2-4-6-9)16-13(14)17-12(10)18-8/h7,9H,2-6H2,1H3,(H,15,16,17). The molecule has 18 heavy (non-hydrogen) atoms. The molecule has 0 aliphatic heterocycles. The molecule has 0 bridgehead atoms. The molecule has 1 aliphatic rings. The maximum atomic E-state index is 6.00. The summed E-state index contributed by atoms with van der Waals surface area (Å²) in [5.74, 6) is 0.904. The van der Waals surface area contributed by atoms with E-state index >= 15 is 0 Å². The number of thiophene rings is 1. The minimum absolute atomic E-state index is 0.336. The molecule has 1 fully saturated rings. The predicted octanol–water partition coefficient (Wildman–Crippen LogP) is 4.40. The highest BCUT2D eigenvalue weighted by Crippen LogP contribution is 2.31.